The maximum Gasteiger partial charge on any atom is 0.163 e. The van der Waals surface area contributed by atoms with Crippen molar-refractivity contribution in [2.75, 3.05) is 0 Å². The minimum atomic E-state index is -1.44. The SMILES string of the molecule is CC1(C)O[C@H]2[C@H](CC=C[C@@H]2[Si](C)(C)C(C)(C)C)O1.C[C@H]1C=CC[C@H](O)[C@@H]1O. The number of hydrogen-bond acceptors (Lipinski definition) is 4. The van der Waals surface area contributed by atoms with Gasteiger partial charge >= 0.3 is 0 Å². The molecular weight excluding hydrogens is 356 g/mol. The summed E-state index contributed by atoms with van der Waals surface area (Å²) in [6.07, 6.45) is 9.53. The smallest absolute Gasteiger partial charge is 0.163 e. The zero-order chi connectivity index (χ0) is 20.6. The van der Waals surface area contributed by atoms with Gasteiger partial charge in [-0.25, -0.2) is 0 Å². The first kappa shape index (κ1) is 22.8. The van der Waals surface area contributed by atoms with Gasteiger partial charge in [0.2, 0.25) is 0 Å². The Hall–Kier alpha value is -0.463. The molecule has 6 atom stereocenters. The van der Waals surface area contributed by atoms with Crippen molar-refractivity contribution in [1.82, 2.24) is 0 Å². The molecule has 1 aliphatic heterocycles. The summed E-state index contributed by atoms with van der Waals surface area (Å²) in [5.41, 5.74) is 0.554. The Balaban J connectivity index is 0.000000244. The van der Waals surface area contributed by atoms with Crippen LogP contribution in [0.5, 0.6) is 0 Å². The number of rotatable bonds is 1. The lowest BCUT2D eigenvalue weighted by Gasteiger charge is -2.46. The number of aliphatic hydroxyl groups is 2. The lowest BCUT2D eigenvalue weighted by molar-refractivity contribution is -0.145. The van der Waals surface area contributed by atoms with E-state index in [9.17, 15) is 0 Å². The molecule has 156 valence electrons. The average molecular weight is 397 g/mol. The maximum atomic E-state index is 9.14. The molecule has 2 N–H and O–H groups in total. The summed E-state index contributed by atoms with van der Waals surface area (Å²) in [6.45, 7) is 18.1. The van der Waals surface area contributed by atoms with Crippen LogP contribution >= 0.6 is 0 Å². The third kappa shape index (κ3) is 5.13. The van der Waals surface area contributed by atoms with E-state index in [2.05, 4.69) is 46.0 Å². The summed E-state index contributed by atoms with van der Waals surface area (Å²) in [4.78, 5) is 0. The van der Waals surface area contributed by atoms with Gasteiger partial charge in [0.05, 0.1) is 32.5 Å². The zero-order valence-corrected chi connectivity index (χ0v) is 19.4. The predicted molar refractivity (Wildman–Crippen MR) is 113 cm³/mol. The number of aliphatic hydroxyl groups excluding tert-OH is 2. The average Bonchev–Trinajstić information content (AvgIpc) is 2.85. The van der Waals surface area contributed by atoms with E-state index in [0.717, 1.165) is 6.42 Å². The van der Waals surface area contributed by atoms with Gasteiger partial charge in [-0.05, 0) is 31.7 Å². The topological polar surface area (TPSA) is 58.9 Å². The summed E-state index contributed by atoms with van der Waals surface area (Å²) < 4.78 is 12.2. The highest BCUT2D eigenvalue weighted by molar-refractivity contribution is 6.82. The lowest BCUT2D eigenvalue weighted by Crippen LogP contribution is -2.49. The minimum absolute atomic E-state index is 0.105. The summed E-state index contributed by atoms with van der Waals surface area (Å²) in [6, 6.07) is 0. The molecule has 4 nitrogen and oxygen atoms in total. The highest BCUT2D eigenvalue weighted by atomic mass is 28.3. The van der Waals surface area contributed by atoms with Gasteiger partial charge in [0.15, 0.2) is 5.79 Å². The highest BCUT2D eigenvalue weighted by Gasteiger charge is 2.53. The molecule has 1 saturated heterocycles. The van der Waals surface area contributed by atoms with E-state index in [0.29, 0.717) is 17.0 Å². The van der Waals surface area contributed by atoms with Crippen LogP contribution in [0.4, 0.5) is 0 Å². The van der Waals surface area contributed by atoms with Crippen LogP contribution in [0.25, 0.3) is 0 Å². The lowest BCUT2D eigenvalue weighted by atomic mass is 9.92. The number of hydrogen-bond donors (Lipinski definition) is 2. The molecule has 5 heteroatoms. The van der Waals surface area contributed by atoms with Gasteiger partial charge in [0.25, 0.3) is 0 Å². The Morgan fingerprint density at radius 2 is 1.59 bits per heavy atom. The predicted octanol–water partition coefficient (Wildman–Crippen LogP) is 4.65. The van der Waals surface area contributed by atoms with Gasteiger partial charge < -0.3 is 19.7 Å². The Bertz CT molecular complexity index is 561. The molecule has 0 saturated carbocycles. The Morgan fingerprint density at radius 1 is 1.00 bits per heavy atom. The van der Waals surface area contributed by atoms with E-state index in [1.54, 1.807) is 0 Å². The Morgan fingerprint density at radius 3 is 2.11 bits per heavy atom. The molecule has 0 aromatic rings. The molecule has 3 aliphatic rings. The molecule has 3 rings (SSSR count). The highest BCUT2D eigenvalue weighted by Crippen LogP contribution is 2.51. The van der Waals surface area contributed by atoms with Gasteiger partial charge in [0, 0.05) is 11.5 Å². The van der Waals surface area contributed by atoms with Crippen LogP contribution in [-0.4, -0.2) is 48.5 Å². The van der Waals surface area contributed by atoms with Gasteiger partial charge in [0.1, 0.15) is 0 Å². The van der Waals surface area contributed by atoms with E-state index in [4.69, 9.17) is 19.7 Å². The fourth-order valence-electron chi connectivity index (χ4n) is 4.01. The second-order valence-corrected chi connectivity index (χ2v) is 16.0. The van der Waals surface area contributed by atoms with Crippen LogP contribution in [0.2, 0.25) is 23.7 Å². The van der Waals surface area contributed by atoms with Crippen LogP contribution in [0.15, 0.2) is 24.3 Å². The van der Waals surface area contributed by atoms with Crippen molar-refractivity contribution in [1.29, 1.82) is 0 Å². The largest absolute Gasteiger partial charge is 0.390 e. The zero-order valence-electron chi connectivity index (χ0n) is 18.4. The maximum absolute atomic E-state index is 9.14. The molecule has 0 aromatic carbocycles. The van der Waals surface area contributed by atoms with Crippen LogP contribution < -0.4 is 0 Å². The van der Waals surface area contributed by atoms with Crippen molar-refractivity contribution in [2.45, 2.75) is 108 Å². The van der Waals surface area contributed by atoms with Gasteiger partial charge in [-0.2, -0.15) is 0 Å². The molecule has 0 radical (unpaired) electrons. The van der Waals surface area contributed by atoms with Crippen LogP contribution in [0, 0.1) is 5.92 Å². The monoisotopic (exact) mass is 396 g/mol. The molecule has 27 heavy (non-hydrogen) atoms. The second-order valence-electron chi connectivity index (χ2n) is 10.4. The third-order valence-corrected chi connectivity index (χ3v) is 12.9. The molecule has 2 aliphatic carbocycles. The van der Waals surface area contributed by atoms with E-state index < -0.39 is 26.1 Å². The fraction of sp³-hybridized carbons (Fsp3) is 0.818. The number of ether oxygens (including phenoxy) is 2. The van der Waals surface area contributed by atoms with E-state index >= 15 is 0 Å². The molecule has 1 heterocycles. The van der Waals surface area contributed by atoms with Crippen LogP contribution in [-0.2, 0) is 9.47 Å². The normalized spacial score (nSPS) is 38.1. The molecule has 0 bridgehead atoms. The molecular formula is C22H40O4Si. The second kappa shape index (κ2) is 8.11. The molecule has 1 fully saturated rings. The van der Waals surface area contributed by atoms with Crippen molar-refractivity contribution >= 4 is 8.07 Å². The Labute approximate surface area is 166 Å². The fourth-order valence-corrected chi connectivity index (χ4v) is 6.73. The van der Waals surface area contributed by atoms with Crippen molar-refractivity contribution in [3.8, 4) is 0 Å². The third-order valence-electron chi connectivity index (χ3n) is 6.80. The van der Waals surface area contributed by atoms with Crippen LogP contribution in [0.1, 0.15) is 54.4 Å². The summed E-state index contributed by atoms with van der Waals surface area (Å²) in [5, 5.41) is 18.6. The van der Waals surface area contributed by atoms with Crippen molar-refractivity contribution in [3.05, 3.63) is 24.3 Å². The van der Waals surface area contributed by atoms with Crippen molar-refractivity contribution < 1.29 is 19.7 Å². The summed E-state index contributed by atoms with van der Waals surface area (Å²) in [7, 11) is -1.44. The first-order valence-electron chi connectivity index (χ1n) is 10.3. The van der Waals surface area contributed by atoms with Gasteiger partial charge in [-0.15, -0.1) is 0 Å². The van der Waals surface area contributed by atoms with E-state index in [1.165, 1.54) is 0 Å². The quantitative estimate of drug-likeness (QED) is 0.500. The van der Waals surface area contributed by atoms with Crippen molar-refractivity contribution in [2.24, 2.45) is 5.92 Å². The first-order valence-corrected chi connectivity index (χ1v) is 13.4. The summed E-state index contributed by atoms with van der Waals surface area (Å²) >= 11 is 0. The van der Waals surface area contributed by atoms with E-state index in [-0.39, 0.29) is 18.1 Å². The molecule has 0 aromatic heterocycles. The Kier molecular flexibility index (Phi) is 6.86. The van der Waals surface area contributed by atoms with Crippen molar-refractivity contribution in [3.63, 3.8) is 0 Å². The van der Waals surface area contributed by atoms with Gasteiger partial charge in [-0.3, -0.25) is 0 Å². The summed E-state index contributed by atoms with van der Waals surface area (Å²) in [5.74, 6) is -0.309. The molecule has 0 unspecified atom stereocenters. The van der Waals surface area contributed by atoms with E-state index in [1.807, 2.05) is 32.9 Å². The molecule has 0 amide bonds. The standard InChI is InChI=1S/C15H28O2Si.C7H12O2/c1-14(2,3)18(6,7)12-10-8-9-11-13(12)17-15(4,5)16-11;1-5-3-2-4-6(8)7(5)9/h8,10-13H,9H2,1-7H3;2-3,5-9H,4H2,1H3/t11-,12-,13-;5-,6-,7+/m00/s1. The molecule has 0 spiro atoms. The minimum Gasteiger partial charge on any atom is -0.390 e. The van der Waals surface area contributed by atoms with Gasteiger partial charge in [-0.1, -0.05) is 65.1 Å². The number of fused-ring (bicyclic) bond motifs is 1. The first-order chi connectivity index (χ1) is 12.3. The van der Waals surface area contributed by atoms with Crippen LogP contribution in [0.3, 0.4) is 0 Å².